The Balaban J connectivity index is 1.69. The van der Waals surface area contributed by atoms with Gasteiger partial charge in [-0.3, -0.25) is 9.36 Å². The fourth-order valence-electron chi connectivity index (χ4n) is 2.81. The average molecular weight is 416 g/mol. The number of amides is 1. The third kappa shape index (κ3) is 5.02. The number of hydrogen-bond acceptors (Lipinski definition) is 5. The maximum atomic E-state index is 12.3. The van der Waals surface area contributed by atoms with E-state index in [4.69, 9.17) is 0 Å². The first-order valence-corrected chi connectivity index (χ1v) is 11.4. The molecule has 2 aromatic carbocycles. The predicted octanol–water partition coefficient (Wildman–Crippen LogP) is 3.62. The highest BCUT2D eigenvalue weighted by Crippen LogP contribution is 2.23. The van der Waals surface area contributed by atoms with Gasteiger partial charge in [-0.05, 0) is 55.3 Å². The molecule has 1 heterocycles. The Morgan fingerprint density at radius 2 is 1.86 bits per heavy atom. The predicted molar refractivity (Wildman–Crippen MR) is 112 cm³/mol. The van der Waals surface area contributed by atoms with Gasteiger partial charge in [0.05, 0.1) is 10.6 Å². The van der Waals surface area contributed by atoms with Crippen molar-refractivity contribution < 1.29 is 13.2 Å². The second-order valence-corrected chi connectivity index (χ2v) is 9.52. The van der Waals surface area contributed by atoms with Gasteiger partial charge in [-0.15, -0.1) is 0 Å². The molecule has 146 valence electrons. The topological polar surface area (TPSA) is 81.1 Å². The van der Waals surface area contributed by atoms with Gasteiger partial charge in [-0.25, -0.2) is 13.4 Å². The lowest BCUT2D eigenvalue weighted by Gasteiger charge is -2.10. The van der Waals surface area contributed by atoms with Crippen LogP contribution in [0.5, 0.6) is 0 Å². The molecule has 6 nitrogen and oxygen atoms in total. The van der Waals surface area contributed by atoms with Crippen molar-refractivity contribution in [2.45, 2.75) is 23.9 Å². The molecule has 0 aliphatic heterocycles. The standard InChI is InChI=1S/C20H21N3O3S2/c1-14-9-15(2)11-17(10-14)23-8-7-21-20(23)27-13-19(24)22-16-5-4-6-18(12-16)28(3,25)26/h4-12H,13H2,1-3H3,(H,22,24). The molecule has 0 saturated heterocycles. The van der Waals surface area contributed by atoms with Crippen molar-refractivity contribution in [1.29, 1.82) is 0 Å². The summed E-state index contributed by atoms with van der Waals surface area (Å²) in [6.07, 6.45) is 4.70. The smallest absolute Gasteiger partial charge is 0.234 e. The third-order valence-electron chi connectivity index (χ3n) is 3.97. The Labute approximate surface area is 168 Å². The van der Waals surface area contributed by atoms with Gasteiger partial charge in [0.2, 0.25) is 5.91 Å². The lowest BCUT2D eigenvalue weighted by molar-refractivity contribution is -0.113. The van der Waals surface area contributed by atoms with E-state index in [0.717, 1.165) is 23.1 Å². The fraction of sp³-hybridized carbons (Fsp3) is 0.200. The van der Waals surface area contributed by atoms with E-state index in [1.54, 1.807) is 18.3 Å². The molecular weight excluding hydrogens is 394 g/mol. The molecule has 0 radical (unpaired) electrons. The van der Waals surface area contributed by atoms with Crippen molar-refractivity contribution in [2.75, 3.05) is 17.3 Å². The van der Waals surface area contributed by atoms with Gasteiger partial charge in [-0.2, -0.15) is 0 Å². The maximum absolute atomic E-state index is 12.3. The van der Waals surface area contributed by atoms with Crippen molar-refractivity contribution in [1.82, 2.24) is 9.55 Å². The molecular formula is C20H21N3O3S2. The number of imidazole rings is 1. The van der Waals surface area contributed by atoms with Gasteiger partial charge in [-0.1, -0.05) is 23.9 Å². The van der Waals surface area contributed by atoms with Crippen LogP contribution in [-0.2, 0) is 14.6 Å². The van der Waals surface area contributed by atoms with Gasteiger partial charge in [0.15, 0.2) is 15.0 Å². The van der Waals surface area contributed by atoms with E-state index in [1.165, 1.54) is 23.9 Å². The molecule has 0 fully saturated rings. The monoisotopic (exact) mass is 415 g/mol. The molecule has 1 amide bonds. The van der Waals surface area contributed by atoms with Gasteiger partial charge in [0.25, 0.3) is 0 Å². The molecule has 0 saturated carbocycles. The van der Waals surface area contributed by atoms with E-state index < -0.39 is 9.84 Å². The number of aromatic nitrogens is 2. The molecule has 1 aromatic heterocycles. The Morgan fingerprint density at radius 3 is 2.54 bits per heavy atom. The van der Waals surface area contributed by atoms with Crippen LogP contribution in [0.3, 0.4) is 0 Å². The maximum Gasteiger partial charge on any atom is 0.234 e. The number of sulfone groups is 1. The lowest BCUT2D eigenvalue weighted by atomic mass is 10.1. The molecule has 0 aliphatic rings. The number of aryl methyl sites for hydroxylation is 2. The van der Waals surface area contributed by atoms with E-state index >= 15 is 0 Å². The summed E-state index contributed by atoms with van der Waals surface area (Å²) in [6.45, 7) is 4.08. The highest BCUT2D eigenvalue weighted by molar-refractivity contribution is 7.99. The van der Waals surface area contributed by atoms with E-state index in [-0.39, 0.29) is 16.6 Å². The largest absolute Gasteiger partial charge is 0.325 e. The van der Waals surface area contributed by atoms with Gasteiger partial charge >= 0.3 is 0 Å². The van der Waals surface area contributed by atoms with Crippen LogP contribution in [0.15, 0.2) is 64.9 Å². The van der Waals surface area contributed by atoms with Crippen LogP contribution in [0.4, 0.5) is 5.69 Å². The summed E-state index contributed by atoms with van der Waals surface area (Å²) in [5.41, 5.74) is 3.76. The molecule has 8 heteroatoms. The van der Waals surface area contributed by atoms with Crippen molar-refractivity contribution in [3.63, 3.8) is 0 Å². The Bertz CT molecular complexity index is 1100. The summed E-state index contributed by atoms with van der Waals surface area (Å²) in [6, 6.07) is 12.4. The average Bonchev–Trinajstić information content (AvgIpc) is 3.07. The second-order valence-electron chi connectivity index (χ2n) is 6.56. The molecule has 0 atom stereocenters. The number of carbonyl (C=O) groups is 1. The summed E-state index contributed by atoms with van der Waals surface area (Å²) in [4.78, 5) is 16.8. The van der Waals surface area contributed by atoms with Crippen LogP contribution in [0.25, 0.3) is 5.69 Å². The van der Waals surface area contributed by atoms with Crippen LogP contribution in [0.1, 0.15) is 11.1 Å². The molecule has 28 heavy (non-hydrogen) atoms. The summed E-state index contributed by atoms with van der Waals surface area (Å²) < 4.78 is 25.2. The number of anilines is 1. The molecule has 3 aromatic rings. The van der Waals surface area contributed by atoms with Crippen LogP contribution in [-0.4, -0.2) is 35.9 Å². The Hall–Kier alpha value is -2.58. The highest BCUT2D eigenvalue weighted by atomic mass is 32.2. The number of nitrogens with zero attached hydrogens (tertiary/aromatic N) is 2. The fourth-order valence-corrected chi connectivity index (χ4v) is 4.25. The SMILES string of the molecule is Cc1cc(C)cc(-n2ccnc2SCC(=O)Nc2cccc(S(C)(=O)=O)c2)c1. The van der Waals surface area contributed by atoms with Crippen LogP contribution in [0, 0.1) is 13.8 Å². The van der Waals surface area contributed by atoms with Crippen molar-refractivity contribution in [3.05, 3.63) is 66.0 Å². The molecule has 0 unspecified atom stereocenters. The quantitative estimate of drug-likeness (QED) is 0.622. The minimum Gasteiger partial charge on any atom is -0.325 e. The highest BCUT2D eigenvalue weighted by Gasteiger charge is 2.12. The first-order valence-electron chi connectivity index (χ1n) is 8.57. The van der Waals surface area contributed by atoms with E-state index in [0.29, 0.717) is 10.8 Å². The summed E-state index contributed by atoms with van der Waals surface area (Å²) >= 11 is 1.32. The first-order chi connectivity index (χ1) is 13.2. The summed E-state index contributed by atoms with van der Waals surface area (Å²) in [5, 5.41) is 3.45. The molecule has 0 aliphatic carbocycles. The first kappa shape index (κ1) is 20.2. The molecule has 3 rings (SSSR count). The normalized spacial score (nSPS) is 11.4. The van der Waals surface area contributed by atoms with Crippen LogP contribution in [0.2, 0.25) is 0 Å². The number of rotatable bonds is 6. The summed E-state index contributed by atoms with van der Waals surface area (Å²) in [5.74, 6) is -0.0733. The van der Waals surface area contributed by atoms with Gasteiger partial charge in [0.1, 0.15) is 0 Å². The minimum absolute atomic E-state index is 0.158. The molecule has 0 bridgehead atoms. The van der Waals surface area contributed by atoms with E-state index in [2.05, 4.69) is 28.5 Å². The third-order valence-corrected chi connectivity index (χ3v) is 6.05. The van der Waals surface area contributed by atoms with E-state index in [9.17, 15) is 13.2 Å². The second kappa shape index (κ2) is 8.20. The number of carbonyl (C=O) groups excluding carboxylic acids is 1. The van der Waals surface area contributed by atoms with Gasteiger partial charge in [0, 0.05) is 30.0 Å². The zero-order chi connectivity index (χ0) is 20.3. The lowest BCUT2D eigenvalue weighted by Crippen LogP contribution is -2.15. The number of thioether (sulfide) groups is 1. The Morgan fingerprint density at radius 1 is 1.14 bits per heavy atom. The van der Waals surface area contributed by atoms with Crippen molar-refractivity contribution in [2.24, 2.45) is 0 Å². The van der Waals surface area contributed by atoms with Gasteiger partial charge < -0.3 is 5.32 Å². The number of nitrogens with one attached hydrogen (secondary N) is 1. The number of benzene rings is 2. The van der Waals surface area contributed by atoms with Crippen LogP contribution < -0.4 is 5.32 Å². The molecule has 0 spiro atoms. The zero-order valence-corrected chi connectivity index (χ0v) is 17.5. The van der Waals surface area contributed by atoms with Crippen molar-refractivity contribution >= 4 is 33.2 Å². The molecule has 1 N–H and O–H groups in total. The number of hydrogen-bond donors (Lipinski definition) is 1. The summed E-state index contributed by atoms with van der Waals surface area (Å²) in [7, 11) is -3.32. The van der Waals surface area contributed by atoms with Crippen LogP contribution >= 0.6 is 11.8 Å². The van der Waals surface area contributed by atoms with Crippen molar-refractivity contribution in [3.8, 4) is 5.69 Å². The van der Waals surface area contributed by atoms with E-state index in [1.807, 2.05) is 24.6 Å². The Kier molecular flexibility index (Phi) is 5.90. The minimum atomic E-state index is -3.32. The zero-order valence-electron chi connectivity index (χ0n) is 15.8.